The van der Waals surface area contributed by atoms with E-state index in [1.54, 1.807) is 6.20 Å². The maximum Gasteiger partial charge on any atom is 0.303 e. The summed E-state index contributed by atoms with van der Waals surface area (Å²) < 4.78 is 2.03. The number of fused-ring (bicyclic) bond motifs is 1. The van der Waals surface area contributed by atoms with Crippen LogP contribution in [0.1, 0.15) is 60.6 Å². The maximum absolute atomic E-state index is 13.2. The number of nitrogens with zero attached hydrogens (tertiary/aromatic N) is 3. The molecular weight excluding hydrogens is 404 g/mol. The van der Waals surface area contributed by atoms with Gasteiger partial charge < -0.3 is 15.0 Å². The molecule has 0 radical (unpaired) electrons. The van der Waals surface area contributed by atoms with Gasteiger partial charge in [-0.15, -0.1) is 0 Å². The lowest BCUT2D eigenvalue weighted by atomic mass is 9.94. The Balaban J connectivity index is 1.69. The Morgan fingerprint density at radius 2 is 2.00 bits per heavy atom. The molecule has 0 saturated carbocycles. The Labute approximate surface area is 188 Å². The van der Waals surface area contributed by atoms with Crippen molar-refractivity contribution in [3.05, 3.63) is 53.6 Å². The Morgan fingerprint density at radius 3 is 2.72 bits per heavy atom. The van der Waals surface area contributed by atoms with Crippen LogP contribution in [0.25, 0.3) is 11.0 Å². The third-order valence-electron chi connectivity index (χ3n) is 5.70. The first-order chi connectivity index (χ1) is 15.4. The molecule has 7 nitrogen and oxygen atoms in total. The second-order valence-electron chi connectivity index (χ2n) is 8.57. The summed E-state index contributed by atoms with van der Waals surface area (Å²) in [5.41, 5.74) is 4.53. The van der Waals surface area contributed by atoms with Crippen molar-refractivity contribution in [2.24, 2.45) is 13.0 Å². The van der Waals surface area contributed by atoms with Gasteiger partial charge in [-0.3, -0.25) is 14.6 Å². The molecule has 3 aromatic heterocycles. The molecule has 0 aliphatic rings. The van der Waals surface area contributed by atoms with Gasteiger partial charge in [-0.25, -0.2) is 4.98 Å². The molecule has 7 heteroatoms. The standard InChI is InChI=1S/C25H32N4O3/c1-17(14-23(31)32)13-22(30)24-20-12-18(2)15-28-25(20)29(3)21(24)9-5-4-6-11-27-19-8-7-10-26-16-19/h7-8,10,12,15-17,27H,4-6,9,11,13-14H2,1-3H3,(H,31,32)/t17-/m0/s1. The number of pyridine rings is 2. The predicted octanol–water partition coefficient (Wildman–Crippen LogP) is 4.79. The molecule has 0 unspecified atom stereocenters. The monoisotopic (exact) mass is 436 g/mol. The van der Waals surface area contributed by atoms with Gasteiger partial charge in [-0.05, 0) is 55.9 Å². The Morgan fingerprint density at radius 1 is 1.19 bits per heavy atom. The largest absolute Gasteiger partial charge is 0.481 e. The minimum atomic E-state index is -0.874. The molecule has 0 fully saturated rings. The lowest BCUT2D eigenvalue weighted by molar-refractivity contribution is -0.137. The van der Waals surface area contributed by atoms with Crippen LogP contribution in [-0.2, 0) is 18.3 Å². The van der Waals surface area contributed by atoms with Gasteiger partial charge in [0.25, 0.3) is 0 Å². The number of unbranched alkanes of at least 4 members (excludes halogenated alkanes) is 2. The zero-order valence-electron chi connectivity index (χ0n) is 19.1. The van der Waals surface area contributed by atoms with Crippen molar-refractivity contribution in [1.29, 1.82) is 0 Å². The van der Waals surface area contributed by atoms with Crippen molar-refractivity contribution in [1.82, 2.24) is 14.5 Å². The molecule has 0 saturated heterocycles. The fourth-order valence-corrected chi connectivity index (χ4v) is 4.15. The number of carboxylic acid groups (broad SMARTS) is 1. The molecule has 0 spiro atoms. The topological polar surface area (TPSA) is 97.1 Å². The van der Waals surface area contributed by atoms with E-state index in [1.807, 2.05) is 56.1 Å². The molecule has 0 amide bonds. The van der Waals surface area contributed by atoms with Crippen molar-refractivity contribution in [3.8, 4) is 0 Å². The van der Waals surface area contributed by atoms with E-state index in [-0.39, 0.29) is 24.5 Å². The molecule has 0 aliphatic heterocycles. The average molecular weight is 437 g/mol. The minimum absolute atomic E-state index is 0.00462. The number of aryl methyl sites for hydroxylation is 2. The summed E-state index contributed by atoms with van der Waals surface area (Å²) in [5.74, 6) is -1.08. The summed E-state index contributed by atoms with van der Waals surface area (Å²) in [6.45, 7) is 4.66. The van der Waals surface area contributed by atoms with Crippen molar-refractivity contribution in [2.75, 3.05) is 11.9 Å². The van der Waals surface area contributed by atoms with Gasteiger partial charge in [0.2, 0.25) is 0 Å². The number of aliphatic carboxylic acids is 1. The normalized spacial score (nSPS) is 12.1. The van der Waals surface area contributed by atoms with E-state index in [9.17, 15) is 9.59 Å². The van der Waals surface area contributed by atoms with Crippen LogP contribution in [0.3, 0.4) is 0 Å². The highest BCUT2D eigenvalue weighted by atomic mass is 16.4. The van der Waals surface area contributed by atoms with Gasteiger partial charge in [0.15, 0.2) is 5.78 Å². The number of hydrogen-bond acceptors (Lipinski definition) is 5. The molecule has 0 aromatic carbocycles. The Bertz CT molecular complexity index is 1080. The van der Waals surface area contributed by atoms with E-state index < -0.39 is 5.97 Å². The van der Waals surface area contributed by atoms with Crippen LogP contribution < -0.4 is 5.32 Å². The van der Waals surface area contributed by atoms with Crippen LogP contribution in [-0.4, -0.2) is 37.9 Å². The first-order valence-corrected chi connectivity index (χ1v) is 11.2. The van der Waals surface area contributed by atoms with E-state index in [2.05, 4.69) is 15.3 Å². The second kappa shape index (κ2) is 10.9. The Hall–Kier alpha value is -3.22. The average Bonchev–Trinajstić information content (AvgIpc) is 3.01. The summed E-state index contributed by atoms with van der Waals surface area (Å²) >= 11 is 0. The fourth-order valence-electron chi connectivity index (χ4n) is 4.15. The van der Waals surface area contributed by atoms with Crippen LogP contribution in [0, 0.1) is 12.8 Å². The van der Waals surface area contributed by atoms with E-state index in [0.29, 0.717) is 5.56 Å². The van der Waals surface area contributed by atoms with E-state index in [4.69, 9.17) is 5.11 Å². The summed E-state index contributed by atoms with van der Waals surface area (Å²) in [4.78, 5) is 32.9. The third kappa shape index (κ3) is 5.93. The van der Waals surface area contributed by atoms with Crippen molar-refractivity contribution < 1.29 is 14.7 Å². The number of ketones is 1. The van der Waals surface area contributed by atoms with Gasteiger partial charge in [-0.2, -0.15) is 0 Å². The molecule has 3 aromatic rings. The van der Waals surface area contributed by atoms with E-state index in [0.717, 1.165) is 60.2 Å². The van der Waals surface area contributed by atoms with Crippen LogP contribution in [0.15, 0.2) is 36.8 Å². The number of Topliss-reactive ketones (excluding diaryl/α,β-unsaturated/α-hetero) is 1. The molecule has 170 valence electrons. The number of carbonyl (C=O) groups is 2. The third-order valence-corrected chi connectivity index (χ3v) is 5.70. The highest BCUT2D eigenvalue weighted by Crippen LogP contribution is 2.29. The number of carbonyl (C=O) groups excluding carboxylic acids is 1. The molecule has 0 aliphatic carbocycles. The van der Waals surface area contributed by atoms with Gasteiger partial charge in [-0.1, -0.05) is 13.3 Å². The lowest BCUT2D eigenvalue weighted by Gasteiger charge is -2.11. The van der Waals surface area contributed by atoms with E-state index in [1.165, 1.54) is 0 Å². The number of nitrogens with one attached hydrogen (secondary N) is 1. The van der Waals surface area contributed by atoms with Crippen molar-refractivity contribution in [3.63, 3.8) is 0 Å². The van der Waals surface area contributed by atoms with Gasteiger partial charge in [0.1, 0.15) is 5.65 Å². The highest BCUT2D eigenvalue weighted by molar-refractivity contribution is 6.09. The minimum Gasteiger partial charge on any atom is -0.481 e. The summed E-state index contributed by atoms with van der Waals surface area (Å²) in [6.07, 6.45) is 9.40. The SMILES string of the molecule is Cc1cnc2c(c1)c(C(=O)C[C@H](C)CC(=O)O)c(CCCCCNc1cccnc1)n2C. The molecule has 1 atom stereocenters. The predicted molar refractivity (Wildman–Crippen MR) is 126 cm³/mol. The van der Waals surface area contributed by atoms with Crippen LogP contribution in [0.2, 0.25) is 0 Å². The second-order valence-corrected chi connectivity index (χ2v) is 8.57. The first-order valence-electron chi connectivity index (χ1n) is 11.2. The van der Waals surface area contributed by atoms with Crippen molar-refractivity contribution >= 4 is 28.5 Å². The maximum atomic E-state index is 13.2. The zero-order chi connectivity index (χ0) is 23.1. The molecule has 3 rings (SSSR count). The molecule has 0 bridgehead atoms. The van der Waals surface area contributed by atoms with Gasteiger partial charge in [0.05, 0.1) is 5.69 Å². The molecule has 2 N–H and O–H groups in total. The van der Waals surface area contributed by atoms with Gasteiger partial charge in [0, 0.05) is 61.7 Å². The smallest absolute Gasteiger partial charge is 0.303 e. The van der Waals surface area contributed by atoms with Gasteiger partial charge >= 0.3 is 5.97 Å². The number of aromatic nitrogens is 3. The summed E-state index contributed by atoms with van der Waals surface area (Å²) in [7, 11) is 1.96. The number of rotatable bonds is 12. The highest BCUT2D eigenvalue weighted by Gasteiger charge is 2.23. The molecule has 3 heterocycles. The number of carboxylic acids is 1. The summed E-state index contributed by atoms with van der Waals surface area (Å²) in [5, 5.41) is 13.3. The quantitative estimate of drug-likeness (QED) is 0.313. The van der Waals surface area contributed by atoms with Crippen LogP contribution >= 0.6 is 0 Å². The van der Waals surface area contributed by atoms with Crippen LogP contribution in [0.4, 0.5) is 5.69 Å². The molecular formula is C25H32N4O3. The Kier molecular flexibility index (Phi) is 7.98. The number of anilines is 1. The lowest BCUT2D eigenvalue weighted by Crippen LogP contribution is -2.12. The zero-order valence-corrected chi connectivity index (χ0v) is 19.1. The molecule has 32 heavy (non-hydrogen) atoms. The fraction of sp³-hybridized carbons (Fsp3) is 0.440. The van der Waals surface area contributed by atoms with E-state index >= 15 is 0 Å². The van der Waals surface area contributed by atoms with Crippen molar-refractivity contribution in [2.45, 2.75) is 52.4 Å². The first kappa shape index (κ1) is 23.4. The van der Waals surface area contributed by atoms with Crippen LogP contribution in [0.5, 0.6) is 0 Å². The summed E-state index contributed by atoms with van der Waals surface area (Å²) in [6, 6.07) is 5.92. The number of hydrogen-bond donors (Lipinski definition) is 2.